The lowest BCUT2D eigenvalue weighted by Crippen LogP contribution is -2.15. The number of ether oxygens (including phenoxy) is 4. The van der Waals surface area contributed by atoms with Gasteiger partial charge in [-0.3, -0.25) is 0 Å². The number of esters is 2. The van der Waals surface area contributed by atoms with Crippen molar-refractivity contribution in [3.63, 3.8) is 0 Å². The zero-order valence-electron chi connectivity index (χ0n) is 16.5. The van der Waals surface area contributed by atoms with E-state index < -0.39 is 11.9 Å². The van der Waals surface area contributed by atoms with Crippen LogP contribution in [0.25, 0.3) is 6.08 Å². The number of nitrogens with zero attached hydrogens (tertiary/aromatic N) is 1. The molecule has 7 nitrogen and oxygen atoms in total. The molecule has 0 saturated carbocycles. The van der Waals surface area contributed by atoms with Crippen molar-refractivity contribution < 1.29 is 28.5 Å². The molecule has 2 aromatic carbocycles. The van der Waals surface area contributed by atoms with Crippen molar-refractivity contribution >= 4 is 35.5 Å². The zero-order valence-corrected chi connectivity index (χ0v) is 17.3. The number of carbonyl (C=O) groups is 2. The molecule has 2 aromatic rings. The Morgan fingerprint density at radius 1 is 1.10 bits per heavy atom. The van der Waals surface area contributed by atoms with Crippen LogP contribution in [0.2, 0.25) is 5.02 Å². The maximum Gasteiger partial charge on any atom is 0.363 e. The zero-order chi connectivity index (χ0) is 21.5. The molecule has 0 spiro atoms. The summed E-state index contributed by atoms with van der Waals surface area (Å²) in [4.78, 5) is 28.0. The van der Waals surface area contributed by atoms with Crippen LogP contribution in [0.1, 0.15) is 25.0 Å². The lowest BCUT2D eigenvalue weighted by atomic mass is 10.1. The molecule has 0 amide bonds. The third-order valence-corrected chi connectivity index (χ3v) is 4.28. The number of rotatable bonds is 8. The Bertz CT molecular complexity index is 1010. The van der Waals surface area contributed by atoms with Gasteiger partial charge in [0.1, 0.15) is 0 Å². The van der Waals surface area contributed by atoms with E-state index >= 15 is 0 Å². The van der Waals surface area contributed by atoms with E-state index in [0.29, 0.717) is 34.3 Å². The highest BCUT2D eigenvalue weighted by molar-refractivity contribution is 6.34. The molecular formula is C22H20ClNO6. The summed E-state index contributed by atoms with van der Waals surface area (Å²) in [5.74, 6) is -0.0813. The van der Waals surface area contributed by atoms with Crippen molar-refractivity contribution in [2.75, 3.05) is 19.8 Å². The average molecular weight is 430 g/mol. The van der Waals surface area contributed by atoms with Crippen molar-refractivity contribution in [3.05, 3.63) is 64.3 Å². The van der Waals surface area contributed by atoms with E-state index in [9.17, 15) is 9.59 Å². The molecule has 0 unspecified atom stereocenters. The van der Waals surface area contributed by atoms with Crippen molar-refractivity contribution in [1.82, 2.24) is 0 Å². The van der Waals surface area contributed by atoms with Gasteiger partial charge in [0.2, 0.25) is 5.90 Å². The maximum atomic E-state index is 12.2. The SMILES string of the molecule is CCOC(=O)COc1ccc(/C=C2\N=C(c3ccccc3Cl)OC2=O)cc1OCC. The Hall–Kier alpha value is -3.32. The number of hydrogen-bond donors (Lipinski definition) is 0. The lowest BCUT2D eigenvalue weighted by molar-refractivity contribution is -0.145. The van der Waals surface area contributed by atoms with Crippen molar-refractivity contribution in [1.29, 1.82) is 0 Å². The topological polar surface area (TPSA) is 83.4 Å². The molecule has 0 aliphatic carbocycles. The molecule has 0 saturated heterocycles. The summed E-state index contributed by atoms with van der Waals surface area (Å²) < 4.78 is 21.2. The number of halogens is 1. The third-order valence-electron chi connectivity index (χ3n) is 3.95. The first-order chi connectivity index (χ1) is 14.5. The summed E-state index contributed by atoms with van der Waals surface area (Å²) in [7, 11) is 0. The quantitative estimate of drug-likeness (QED) is 0.465. The van der Waals surface area contributed by atoms with Crippen LogP contribution in [-0.2, 0) is 19.1 Å². The van der Waals surface area contributed by atoms with Crippen LogP contribution in [-0.4, -0.2) is 37.7 Å². The normalized spacial score (nSPS) is 14.3. The van der Waals surface area contributed by atoms with Gasteiger partial charge in [-0.05, 0) is 49.8 Å². The minimum absolute atomic E-state index is 0.132. The third kappa shape index (κ3) is 5.18. The van der Waals surface area contributed by atoms with Gasteiger partial charge in [-0.15, -0.1) is 0 Å². The summed E-state index contributed by atoms with van der Waals surface area (Å²) in [5, 5.41) is 0.437. The second kappa shape index (κ2) is 9.93. The molecule has 0 fully saturated rings. The minimum atomic E-state index is -0.578. The molecule has 1 aliphatic rings. The van der Waals surface area contributed by atoms with Crippen LogP contribution in [0.3, 0.4) is 0 Å². The van der Waals surface area contributed by atoms with Crippen LogP contribution in [0, 0.1) is 0 Å². The first kappa shape index (κ1) is 21.4. The second-order valence-corrected chi connectivity index (χ2v) is 6.46. The summed E-state index contributed by atoms with van der Waals surface area (Å²) in [6.07, 6.45) is 1.57. The number of carbonyl (C=O) groups excluding carboxylic acids is 2. The monoisotopic (exact) mass is 429 g/mol. The molecule has 0 atom stereocenters. The maximum absolute atomic E-state index is 12.2. The number of cyclic esters (lactones) is 1. The van der Waals surface area contributed by atoms with E-state index in [-0.39, 0.29) is 24.8 Å². The molecule has 1 aliphatic heterocycles. The van der Waals surface area contributed by atoms with Crippen LogP contribution in [0.5, 0.6) is 11.5 Å². The van der Waals surface area contributed by atoms with E-state index in [4.69, 9.17) is 30.5 Å². The highest BCUT2D eigenvalue weighted by atomic mass is 35.5. The van der Waals surface area contributed by atoms with Gasteiger partial charge in [-0.25, -0.2) is 14.6 Å². The molecule has 3 rings (SSSR count). The molecule has 30 heavy (non-hydrogen) atoms. The van der Waals surface area contributed by atoms with E-state index in [1.165, 1.54) is 0 Å². The highest BCUT2D eigenvalue weighted by Gasteiger charge is 2.25. The number of aliphatic imine (C=N–C) groups is 1. The fourth-order valence-corrected chi connectivity index (χ4v) is 2.87. The molecule has 0 bridgehead atoms. The molecule has 0 radical (unpaired) electrons. The summed E-state index contributed by atoms with van der Waals surface area (Å²) in [5.41, 5.74) is 1.32. The van der Waals surface area contributed by atoms with Gasteiger partial charge in [0.05, 0.1) is 23.8 Å². The van der Waals surface area contributed by atoms with Crippen molar-refractivity contribution in [2.24, 2.45) is 4.99 Å². The second-order valence-electron chi connectivity index (χ2n) is 6.05. The first-order valence-corrected chi connectivity index (χ1v) is 9.72. The Morgan fingerprint density at radius 2 is 1.90 bits per heavy atom. The van der Waals surface area contributed by atoms with Gasteiger partial charge in [-0.1, -0.05) is 29.8 Å². The van der Waals surface area contributed by atoms with Crippen LogP contribution in [0.15, 0.2) is 53.2 Å². The van der Waals surface area contributed by atoms with Crippen LogP contribution in [0.4, 0.5) is 0 Å². The molecule has 156 valence electrons. The Balaban J connectivity index is 1.84. The first-order valence-electron chi connectivity index (χ1n) is 9.34. The highest BCUT2D eigenvalue weighted by Crippen LogP contribution is 2.30. The predicted octanol–water partition coefficient (Wildman–Crippen LogP) is 4.03. The predicted molar refractivity (Wildman–Crippen MR) is 112 cm³/mol. The Kier molecular flexibility index (Phi) is 7.08. The van der Waals surface area contributed by atoms with E-state index in [0.717, 1.165) is 0 Å². The van der Waals surface area contributed by atoms with Crippen LogP contribution < -0.4 is 9.47 Å². The Morgan fingerprint density at radius 3 is 2.63 bits per heavy atom. The minimum Gasteiger partial charge on any atom is -0.490 e. The number of benzene rings is 2. The molecule has 0 N–H and O–H groups in total. The van der Waals surface area contributed by atoms with Gasteiger partial charge < -0.3 is 18.9 Å². The molecule has 1 heterocycles. The Labute approximate surface area is 178 Å². The fraction of sp³-hybridized carbons (Fsp3) is 0.227. The van der Waals surface area contributed by atoms with Gasteiger partial charge in [0.15, 0.2) is 23.8 Å². The lowest BCUT2D eigenvalue weighted by Gasteiger charge is -2.12. The smallest absolute Gasteiger partial charge is 0.363 e. The summed E-state index contributed by atoms with van der Waals surface area (Å²) in [6.45, 7) is 3.99. The van der Waals surface area contributed by atoms with Gasteiger partial charge in [0.25, 0.3) is 0 Å². The van der Waals surface area contributed by atoms with Gasteiger partial charge in [-0.2, -0.15) is 0 Å². The molecular weight excluding hydrogens is 410 g/mol. The average Bonchev–Trinajstić information content (AvgIpc) is 3.08. The van der Waals surface area contributed by atoms with Crippen LogP contribution >= 0.6 is 11.6 Å². The fourth-order valence-electron chi connectivity index (χ4n) is 2.66. The van der Waals surface area contributed by atoms with E-state index in [1.54, 1.807) is 55.5 Å². The standard InChI is InChI=1S/C22H20ClNO6/c1-3-27-19-12-14(9-10-18(19)29-13-20(25)28-4-2)11-17-22(26)30-21(24-17)15-7-5-6-8-16(15)23/h5-12H,3-4,13H2,1-2H3/b17-11-. The van der Waals surface area contributed by atoms with Gasteiger partial charge >= 0.3 is 11.9 Å². The molecule has 0 aromatic heterocycles. The van der Waals surface area contributed by atoms with Crippen molar-refractivity contribution in [2.45, 2.75) is 13.8 Å². The number of hydrogen-bond acceptors (Lipinski definition) is 7. The summed E-state index contributed by atoms with van der Waals surface area (Å²) in [6, 6.07) is 12.0. The van der Waals surface area contributed by atoms with E-state index in [1.807, 2.05) is 6.92 Å². The summed E-state index contributed by atoms with van der Waals surface area (Å²) >= 11 is 6.15. The largest absolute Gasteiger partial charge is 0.490 e. The van der Waals surface area contributed by atoms with Crippen molar-refractivity contribution in [3.8, 4) is 11.5 Å². The van der Waals surface area contributed by atoms with Gasteiger partial charge in [0, 0.05) is 0 Å². The molecule has 8 heteroatoms. The van der Waals surface area contributed by atoms with E-state index in [2.05, 4.69) is 4.99 Å².